The van der Waals surface area contributed by atoms with Gasteiger partial charge in [-0.25, -0.2) is 4.39 Å². The molecule has 0 spiro atoms. The molecule has 3 unspecified atom stereocenters. The van der Waals surface area contributed by atoms with Gasteiger partial charge in [0.25, 0.3) is 0 Å². The highest BCUT2D eigenvalue weighted by atomic mass is 19.1. The molecule has 1 aliphatic rings. The first-order valence-electron chi connectivity index (χ1n) is 6.83. The Hall–Kier alpha value is -0.930. The second kappa shape index (κ2) is 5.81. The Morgan fingerprint density at radius 3 is 2.56 bits per heavy atom. The molecule has 1 heterocycles. The monoisotopic (exact) mass is 250 g/mol. The SMILES string of the molecule is CC1CCN(C(CN)c2ccc(F)cc2)C(C)C1. The molecule has 1 fully saturated rings. The number of halogens is 1. The fraction of sp³-hybridized carbons (Fsp3) is 0.600. The van der Waals surface area contributed by atoms with Gasteiger partial charge in [0.05, 0.1) is 0 Å². The Labute approximate surface area is 109 Å². The molecule has 3 atom stereocenters. The van der Waals surface area contributed by atoms with Crippen LogP contribution in [0.3, 0.4) is 0 Å². The topological polar surface area (TPSA) is 29.3 Å². The Kier molecular flexibility index (Phi) is 4.36. The van der Waals surface area contributed by atoms with Crippen molar-refractivity contribution < 1.29 is 4.39 Å². The van der Waals surface area contributed by atoms with Gasteiger partial charge in [0.15, 0.2) is 0 Å². The fourth-order valence-corrected chi connectivity index (χ4v) is 3.04. The zero-order chi connectivity index (χ0) is 13.1. The van der Waals surface area contributed by atoms with Gasteiger partial charge in [-0.1, -0.05) is 19.1 Å². The number of hydrogen-bond donors (Lipinski definition) is 1. The quantitative estimate of drug-likeness (QED) is 0.893. The van der Waals surface area contributed by atoms with Crippen molar-refractivity contribution >= 4 is 0 Å². The Morgan fingerprint density at radius 2 is 2.00 bits per heavy atom. The molecule has 0 saturated carbocycles. The third-order valence-corrected chi connectivity index (χ3v) is 4.07. The second-order valence-electron chi connectivity index (χ2n) is 5.52. The average molecular weight is 250 g/mol. The summed E-state index contributed by atoms with van der Waals surface area (Å²) in [6.45, 7) is 6.25. The van der Waals surface area contributed by atoms with Crippen LogP contribution in [-0.2, 0) is 0 Å². The van der Waals surface area contributed by atoms with Crippen LogP contribution in [-0.4, -0.2) is 24.0 Å². The first-order chi connectivity index (χ1) is 8.61. The Morgan fingerprint density at radius 1 is 1.33 bits per heavy atom. The lowest BCUT2D eigenvalue weighted by atomic mass is 9.90. The molecule has 0 aliphatic carbocycles. The zero-order valence-electron chi connectivity index (χ0n) is 11.3. The van der Waals surface area contributed by atoms with E-state index in [0.717, 1.165) is 18.0 Å². The van der Waals surface area contributed by atoms with Crippen molar-refractivity contribution in [3.05, 3.63) is 35.6 Å². The molecule has 1 aromatic carbocycles. The van der Waals surface area contributed by atoms with E-state index in [1.54, 1.807) is 0 Å². The van der Waals surface area contributed by atoms with Crippen molar-refractivity contribution in [1.29, 1.82) is 0 Å². The summed E-state index contributed by atoms with van der Waals surface area (Å²) >= 11 is 0. The molecule has 2 rings (SSSR count). The summed E-state index contributed by atoms with van der Waals surface area (Å²) in [5.41, 5.74) is 7.06. The largest absolute Gasteiger partial charge is 0.329 e. The predicted octanol–water partition coefficient (Wildman–Crippen LogP) is 2.95. The molecule has 0 radical (unpaired) electrons. The van der Waals surface area contributed by atoms with Crippen molar-refractivity contribution in [2.24, 2.45) is 11.7 Å². The summed E-state index contributed by atoms with van der Waals surface area (Å²) in [5, 5.41) is 0. The van der Waals surface area contributed by atoms with E-state index in [1.165, 1.54) is 25.0 Å². The minimum absolute atomic E-state index is 0.185. The highest BCUT2D eigenvalue weighted by Gasteiger charge is 2.28. The van der Waals surface area contributed by atoms with Crippen LogP contribution >= 0.6 is 0 Å². The number of benzene rings is 1. The summed E-state index contributed by atoms with van der Waals surface area (Å²) in [7, 11) is 0. The summed E-state index contributed by atoms with van der Waals surface area (Å²) in [6.07, 6.45) is 2.44. The number of likely N-dealkylation sites (tertiary alicyclic amines) is 1. The molecular weight excluding hydrogens is 227 g/mol. The Balaban J connectivity index is 2.15. The minimum atomic E-state index is -0.185. The third-order valence-electron chi connectivity index (χ3n) is 4.07. The van der Waals surface area contributed by atoms with Crippen LogP contribution in [0.4, 0.5) is 4.39 Å². The third kappa shape index (κ3) is 2.90. The van der Waals surface area contributed by atoms with Gasteiger partial charge in [-0.3, -0.25) is 4.90 Å². The average Bonchev–Trinajstić information content (AvgIpc) is 2.35. The zero-order valence-corrected chi connectivity index (χ0v) is 11.3. The summed E-state index contributed by atoms with van der Waals surface area (Å²) < 4.78 is 13.0. The van der Waals surface area contributed by atoms with Crippen LogP contribution in [0.1, 0.15) is 38.3 Å². The molecule has 0 bridgehead atoms. The summed E-state index contributed by atoms with van der Waals surface area (Å²) in [4.78, 5) is 2.47. The molecule has 2 N–H and O–H groups in total. The van der Waals surface area contributed by atoms with Gasteiger partial charge >= 0.3 is 0 Å². The molecule has 1 aromatic rings. The maximum Gasteiger partial charge on any atom is 0.123 e. The van der Waals surface area contributed by atoms with Crippen LogP contribution in [0.25, 0.3) is 0 Å². The first kappa shape index (κ1) is 13.5. The second-order valence-corrected chi connectivity index (χ2v) is 5.52. The van der Waals surface area contributed by atoms with E-state index in [4.69, 9.17) is 5.73 Å². The smallest absolute Gasteiger partial charge is 0.123 e. The number of nitrogens with two attached hydrogens (primary N) is 1. The molecular formula is C15H23FN2. The maximum atomic E-state index is 13.0. The van der Waals surface area contributed by atoms with Crippen LogP contribution in [0.2, 0.25) is 0 Å². The number of rotatable bonds is 3. The fourth-order valence-electron chi connectivity index (χ4n) is 3.04. The van der Waals surface area contributed by atoms with E-state index >= 15 is 0 Å². The van der Waals surface area contributed by atoms with Gasteiger partial charge in [0.2, 0.25) is 0 Å². The molecule has 0 aromatic heterocycles. The van der Waals surface area contributed by atoms with Crippen molar-refractivity contribution in [3.8, 4) is 0 Å². The Bertz CT molecular complexity index is 377. The van der Waals surface area contributed by atoms with Gasteiger partial charge < -0.3 is 5.73 Å². The molecule has 3 heteroatoms. The number of hydrogen-bond acceptors (Lipinski definition) is 2. The minimum Gasteiger partial charge on any atom is -0.329 e. The van der Waals surface area contributed by atoms with Gasteiger partial charge in [0.1, 0.15) is 5.82 Å². The highest BCUT2D eigenvalue weighted by molar-refractivity contribution is 5.20. The van der Waals surface area contributed by atoms with Gasteiger partial charge in [0, 0.05) is 18.6 Å². The molecule has 18 heavy (non-hydrogen) atoms. The standard InChI is InChI=1S/C15H23FN2/c1-11-7-8-18(12(2)9-11)15(10-17)13-3-5-14(16)6-4-13/h3-6,11-12,15H,7-10,17H2,1-2H3. The van der Waals surface area contributed by atoms with E-state index < -0.39 is 0 Å². The number of piperidine rings is 1. The van der Waals surface area contributed by atoms with Crippen LogP contribution in [0.15, 0.2) is 24.3 Å². The maximum absolute atomic E-state index is 13.0. The highest BCUT2D eigenvalue weighted by Crippen LogP contribution is 2.30. The van der Waals surface area contributed by atoms with Gasteiger partial charge in [-0.15, -0.1) is 0 Å². The molecule has 1 saturated heterocycles. The van der Waals surface area contributed by atoms with E-state index in [-0.39, 0.29) is 11.9 Å². The molecule has 1 aliphatic heterocycles. The molecule has 100 valence electrons. The lowest BCUT2D eigenvalue weighted by molar-refractivity contribution is 0.0847. The van der Waals surface area contributed by atoms with Crippen LogP contribution < -0.4 is 5.73 Å². The van der Waals surface area contributed by atoms with E-state index in [9.17, 15) is 4.39 Å². The van der Waals surface area contributed by atoms with Crippen molar-refractivity contribution in [2.75, 3.05) is 13.1 Å². The lowest BCUT2D eigenvalue weighted by Crippen LogP contribution is -2.44. The van der Waals surface area contributed by atoms with Crippen molar-refractivity contribution in [2.45, 2.75) is 38.8 Å². The van der Waals surface area contributed by atoms with Crippen LogP contribution in [0, 0.1) is 11.7 Å². The lowest BCUT2D eigenvalue weighted by Gasteiger charge is -2.41. The van der Waals surface area contributed by atoms with Crippen molar-refractivity contribution in [1.82, 2.24) is 4.90 Å². The predicted molar refractivity (Wildman–Crippen MR) is 72.8 cm³/mol. The van der Waals surface area contributed by atoms with E-state index in [2.05, 4.69) is 18.7 Å². The number of nitrogens with zero attached hydrogens (tertiary/aromatic N) is 1. The van der Waals surface area contributed by atoms with Crippen LogP contribution in [0.5, 0.6) is 0 Å². The first-order valence-corrected chi connectivity index (χ1v) is 6.83. The normalized spacial score (nSPS) is 27.1. The van der Waals surface area contributed by atoms with E-state index in [0.29, 0.717) is 12.6 Å². The van der Waals surface area contributed by atoms with Gasteiger partial charge in [-0.05, 0) is 49.9 Å². The molecule has 0 amide bonds. The summed E-state index contributed by atoms with van der Waals surface area (Å²) in [5.74, 6) is 0.609. The van der Waals surface area contributed by atoms with Gasteiger partial charge in [-0.2, -0.15) is 0 Å². The summed E-state index contributed by atoms with van der Waals surface area (Å²) in [6, 6.07) is 7.53. The van der Waals surface area contributed by atoms with Crippen molar-refractivity contribution in [3.63, 3.8) is 0 Å². The molecule has 2 nitrogen and oxygen atoms in total. The van der Waals surface area contributed by atoms with E-state index in [1.807, 2.05) is 12.1 Å².